The molecule has 0 fully saturated rings. The molecule has 0 amide bonds. The second-order valence-electron chi connectivity index (χ2n) is 5.38. The summed E-state index contributed by atoms with van der Waals surface area (Å²) in [6, 6.07) is 16.6. The van der Waals surface area contributed by atoms with Crippen LogP contribution in [0.15, 0.2) is 55.1 Å². The molecule has 2 aromatic rings. The fraction of sp³-hybridized carbons (Fsp3) is 0.222. The van der Waals surface area contributed by atoms with Gasteiger partial charge in [0.25, 0.3) is 0 Å². The zero-order chi connectivity index (χ0) is 13.9. The molecule has 20 heavy (non-hydrogen) atoms. The number of nitrogen functional groups attached to an aromatic ring is 1. The number of hydrogen-bond acceptors (Lipinski definition) is 2. The molecule has 2 nitrogen and oxygen atoms in total. The zero-order valence-corrected chi connectivity index (χ0v) is 11.7. The molecule has 2 heteroatoms. The average molecular weight is 264 g/mol. The highest BCUT2D eigenvalue weighted by Gasteiger charge is 2.17. The molecule has 0 saturated heterocycles. The van der Waals surface area contributed by atoms with E-state index in [0.717, 1.165) is 30.8 Å². The van der Waals surface area contributed by atoms with Gasteiger partial charge in [0.2, 0.25) is 0 Å². The topological polar surface area (TPSA) is 29.3 Å². The molecule has 1 aliphatic heterocycles. The smallest absolute Gasteiger partial charge is 0.0429 e. The molecular formula is C18H20N2. The first-order valence-corrected chi connectivity index (χ1v) is 7.10. The molecular weight excluding hydrogens is 244 g/mol. The first-order chi connectivity index (χ1) is 9.74. The van der Waals surface area contributed by atoms with E-state index < -0.39 is 0 Å². The van der Waals surface area contributed by atoms with Gasteiger partial charge in [-0.25, -0.2) is 0 Å². The first kappa shape index (κ1) is 12.8. The van der Waals surface area contributed by atoms with Gasteiger partial charge < -0.3 is 10.6 Å². The predicted molar refractivity (Wildman–Crippen MR) is 86.9 cm³/mol. The van der Waals surface area contributed by atoms with Crippen molar-refractivity contribution in [2.75, 3.05) is 23.7 Å². The Morgan fingerprint density at radius 3 is 2.75 bits per heavy atom. The highest BCUT2D eigenvalue weighted by atomic mass is 15.1. The predicted octanol–water partition coefficient (Wildman–Crippen LogP) is 3.73. The first-order valence-electron chi connectivity index (χ1n) is 7.10. The Morgan fingerprint density at radius 2 is 1.95 bits per heavy atom. The lowest BCUT2D eigenvalue weighted by Crippen LogP contribution is -2.30. The van der Waals surface area contributed by atoms with Crippen LogP contribution in [0.1, 0.15) is 17.5 Å². The molecule has 2 N–H and O–H groups in total. The minimum atomic E-state index is 0.854. The fourth-order valence-corrected chi connectivity index (χ4v) is 2.85. The maximum absolute atomic E-state index is 5.88. The molecule has 102 valence electrons. The molecule has 0 aromatic heterocycles. The molecule has 0 bridgehead atoms. The minimum Gasteiger partial charge on any atom is -0.399 e. The number of nitrogens with zero attached hydrogens (tertiary/aromatic N) is 1. The molecule has 0 aliphatic carbocycles. The third kappa shape index (κ3) is 2.55. The number of rotatable bonds is 3. The van der Waals surface area contributed by atoms with Gasteiger partial charge in [-0.1, -0.05) is 36.9 Å². The summed E-state index contributed by atoms with van der Waals surface area (Å²) in [4.78, 5) is 2.41. The second kappa shape index (κ2) is 5.41. The van der Waals surface area contributed by atoms with Crippen LogP contribution in [-0.4, -0.2) is 13.1 Å². The van der Waals surface area contributed by atoms with Gasteiger partial charge in [-0.15, -0.1) is 0 Å². The quantitative estimate of drug-likeness (QED) is 0.856. The standard InChI is InChI=1S/C18H20N2/c1-14(15-6-3-2-4-7-15)13-20-11-5-8-16-12-17(19)9-10-18(16)20/h2-4,6-7,9-10,12H,1,5,8,11,13,19H2. The number of aryl methyl sites for hydroxylation is 1. The van der Waals surface area contributed by atoms with Crippen LogP contribution in [-0.2, 0) is 6.42 Å². The van der Waals surface area contributed by atoms with E-state index in [1.54, 1.807) is 0 Å². The summed E-state index contributed by atoms with van der Waals surface area (Å²) in [5, 5.41) is 0. The maximum Gasteiger partial charge on any atom is 0.0429 e. The van der Waals surface area contributed by atoms with Gasteiger partial charge in [0.15, 0.2) is 0 Å². The molecule has 0 unspecified atom stereocenters. The van der Waals surface area contributed by atoms with E-state index in [2.05, 4.69) is 47.9 Å². The Balaban J connectivity index is 1.81. The van der Waals surface area contributed by atoms with Gasteiger partial charge in [0, 0.05) is 24.5 Å². The Bertz CT molecular complexity index is 617. The summed E-state index contributed by atoms with van der Waals surface area (Å²) in [5.74, 6) is 0. The summed E-state index contributed by atoms with van der Waals surface area (Å²) in [6.07, 6.45) is 2.30. The van der Waals surface area contributed by atoms with Gasteiger partial charge in [-0.05, 0) is 47.7 Å². The van der Waals surface area contributed by atoms with Gasteiger partial charge in [-0.3, -0.25) is 0 Å². The lowest BCUT2D eigenvalue weighted by molar-refractivity contribution is 0.726. The van der Waals surface area contributed by atoms with Crippen molar-refractivity contribution in [2.24, 2.45) is 0 Å². The molecule has 0 radical (unpaired) electrons. The Labute approximate surface area is 120 Å². The molecule has 3 rings (SSSR count). The molecule has 0 saturated carbocycles. The Hall–Kier alpha value is -2.22. The highest BCUT2D eigenvalue weighted by molar-refractivity contribution is 5.70. The summed E-state index contributed by atoms with van der Waals surface area (Å²) < 4.78 is 0. The normalized spacial score (nSPS) is 13.9. The van der Waals surface area contributed by atoms with E-state index in [-0.39, 0.29) is 0 Å². The monoisotopic (exact) mass is 264 g/mol. The number of nitrogens with two attached hydrogens (primary N) is 1. The van der Waals surface area contributed by atoms with Crippen molar-refractivity contribution in [3.8, 4) is 0 Å². The van der Waals surface area contributed by atoms with E-state index in [1.165, 1.54) is 23.2 Å². The number of anilines is 2. The lowest BCUT2D eigenvalue weighted by atomic mass is 9.99. The van der Waals surface area contributed by atoms with Gasteiger partial charge in [-0.2, -0.15) is 0 Å². The van der Waals surface area contributed by atoms with Crippen molar-refractivity contribution in [1.29, 1.82) is 0 Å². The summed E-state index contributed by atoms with van der Waals surface area (Å²) >= 11 is 0. The van der Waals surface area contributed by atoms with Crippen molar-refractivity contribution in [2.45, 2.75) is 12.8 Å². The molecule has 1 heterocycles. The van der Waals surface area contributed by atoms with Crippen molar-refractivity contribution in [3.05, 3.63) is 66.2 Å². The number of benzene rings is 2. The van der Waals surface area contributed by atoms with Crippen molar-refractivity contribution in [3.63, 3.8) is 0 Å². The van der Waals surface area contributed by atoms with Gasteiger partial charge in [0.05, 0.1) is 0 Å². The zero-order valence-electron chi connectivity index (χ0n) is 11.7. The minimum absolute atomic E-state index is 0.854. The van der Waals surface area contributed by atoms with E-state index in [9.17, 15) is 0 Å². The van der Waals surface area contributed by atoms with E-state index in [0.29, 0.717) is 0 Å². The van der Waals surface area contributed by atoms with Crippen LogP contribution in [0, 0.1) is 0 Å². The van der Waals surface area contributed by atoms with Crippen LogP contribution < -0.4 is 10.6 Å². The van der Waals surface area contributed by atoms with E-state index >= 15 is 0 Å². The fourth-order valence-electron chi connectivity index (χ4n) is 2.85. The largest absolute Gasteiger partial charge is 0.399 e. The number of hydrogen-bond donors (Lipinski definition) is 1. The van der Waals surface area contributed by atoms with Crippen LogP contribution >= 0.6 is 0 Å². The SMILES string of the molecule is C=C(CN1CCCc2cc(N)ccc21)c1ccccc1. The summed E-state index contributed by atoms with van der Waals surface area (Å²) in [5.41, 5.74) is 11.8. The second-order valence-corrected chi connectivity index (χ2v) is 5.38. The highest BCUT2D eigenvalue weighted by Crippen LogP contribution is 2.30. The van der Waals surface area contributed by atoms with Crippen molar-refractivity contribution < 1.29 is 0 Å². The van der Waals surface area contributed by atoms with Gasteiger partial charge >= 0.3 is 0 Å². The molecule has 2 aromatic carbocycles. The van der Waals surface area contributed by atoms with E-state index in [1.807, 2.05) is 12.1 Å². The maximum atomic E-state index is 5.88. The third-order valence-electron chi connectivity index (χ3n) is 3.88. The van der Waals surface area contributed by atoms with Crippen LogP contribution in [0.2, 0.25) is 0 Å². The molecule has 1 aliphatic rings. The Kier molecular flexibility index (Phi) is 3.46. The van der Waals surface area contributed by atoms with Gasteiger partial charge in [0.1, 0.15) is 0 Å². The van der Waals surface area contributed by atoms with Crippen molar-refractivity contribution in [1.82, 2.24) is 0 Å². The third-order valence-corrected chi connectivity index (χ3v) is 3.88. The Morgan fingerprint density at radius 1 is 1.15 bits per heavy atom. The summed E-state index contributed by atoms with van der Waals surface area (Å²) in [6.45, 7) is 6.21. The van der Waals surface area contributed by atoms with Crippen molar-refractivity contribution >= 4 is 16.9 Å². The molecule has 0 spiro atoms. The molecule has 0 atom stereocenters. The van der Waals surface area contributed by atoms with E-state index in [4.69, 9.17) is 5.73 Å². The lowest BCUT2D eigenvalue weighted by Gasteiger charge is -2.32. The van der Waals surface area contributed by atoms with Crippen LogP contribution in [0.5, 0.6) is 0 Å². The average Bonchev–Trinajstić information content (AvgIpc) is 2.48. The summed E-state index contributed by atoms with van der Waals surface area (Å²) in [7, 11) is 0. The van der Waals surface area contributed by atoms with Crippen LogP contribution in [0.3, 0.4) is 0 Å². The van der Waals surface area contributed by atoms with Crippen LogP contribution in [0.25, 0.3) is 5.57 Å². The van der Waals surface area contributed by atoms with Crippen LogP contribution in [0.4, 0.5) is 11.4 Å². The number of fused-ring (bicyclic) bond motifs is 1.